The number of carbonyl (C=O) groups is 1. The smallest absolute Gasteiger partial charge is 0.265 e. The number of rotatable bonds is 8. The van der Waals surface area contributed by atoms with Crippen molar-refractivity contribution < 1.29 is 9.53 Å². The Hall–Kier alpha value is -1.24. The Bertz CT molecular complexity index is 374. The van der Waals surface area contributed by atoms with Gasteiger partial charge >= 0.3 is 0 Å². The minimum absolute atomic E-state index is 0.322. The summed E-state index contributed by atoms with van der Waals surface area (Å²) in [5.74, 6) is 7.38. The van der Waals surface area contributed by atoms with Gasteiger partial charge in [0.2, 0.25) is 0 Å². The summed E-state index contributed by atoms with van der Waals surface area (Å²) in [6.45, 7) is 1.34. The second kappa shape index (κ2) is 8.79. The van der Waals surface area contributed by atoms with Crippen LogP contribution in [0.25, 0.3) is 0 Å². The van der Waals surface area contributed by atoms with E-state index < -0.39 is 0 Å². The molecule has 1 aromatic carbocycles. The molecule has 0 aliphatic heterocycles. The third-order valence-electron chi connectivity index (χ3n) is 2.22. The van der Waals surface area contributed by atoms with Crippen molar-refractivity contribution in [2.45, 2.75) is 6.42 Å². The van der Waals surface area contributed by atoms with Crippen molar-refractivity contribution in [2.75, 3.05) is 24.7 Å². The molecule has 1 aromatic rings. The SMILES string of the molecule is NCCCSCCOc1cccc(C(=O)NN)c1. The van der Waals surface area contributed by atoms with Crippen molar-refractivity contribution in [1.82, 2.24) is 5.43 Å². The van der Waals surface area contributed by atoms with E-state index >= 15 is 0 Å². The van der Waals surface area contributed by atoms with Crippen LogP contribution in [0.15, 0.2) is 24.3 Å². The van der Waals surface area contributed by atoms with E-state index in [4.69, 9.17) is 16.3 Å². The number of benzene rings is 1. The molecule has 0 heterocycles. The molecule has 5 nitrogen and oxygen atoms in total. The van der Waals surface area contributed by atoms with Gasteiger partial charge in [-0.1, -0.05) is 6.07 Å². The largest absolute Gasteiger partial charge is 0.493 e. The van der Waals surface area contributed by atoms with E-state index in [0.29, 0.717) is 17.9 Å². The van der Waals surface area contributed by atoms with Crippen molar-refractivity contribution in [1.29, 1.82) is 0 Å². The number of amides is 1. The lowest BCUT2D eigenvalue weighted by atomic mass is 10.2. The lowest BCUT2D eigenvalue weighted by molar-refractivity contribution is 0.0953. The number of hydrogen-bond donors (Lipinski definition) is 3. The van der Waals surface area contributed by atoms with Crippen LogP contribution < -0.4 is 21.7 Å². The Balaban J connectivity index is 2.32. The van der Waals surface area contributed by atoms with Gasteiger partial charge < -0.3 is 10.5 Å². The first kappa shape index (κ1) is 14.8. The second-order valence-corrected chi connectivity index (χ2v) is 4.83. The van der Waals surface area contributed by atoms with Crippen LogP contribution in [0.3, 0.4) is 0 Å². The number of thioether (sulfide) groups is 1. The molecule has 0 bridgehead atoms. The number of nitrogens with one attached hydrogen (secondary N) is 1. The van der Waals surface area contributed by atoms with E-state index in [-0.39, 0.29) is 5.91 Å². The monoisotopic (exact) mass is 269 g/mol. The lowest BCUT2D eigenvalue weighted by Gasteiger charge is -2.07. The van der Waals surface area contributed by atoms with Crippen LogP contribution in [0, 0.1) is 0 Å². The zero-order valence-corrected chi connectivity index (χ0v) is 11.0. The number of hydrogen-bond acceptors (Lipinski definition) is 5. The highest BCUT2D eigenvalue weighted by atomic mass is 32.2. The minimum atomic E-state index is -0.322. The first-order chi connectivity index (χ1) is 8.77. The van der Waals surface area contributed by atoms with E-state index in [9.17, 15) is 4.79 Å². The van der Waals surface area contributed by atoms with Gasteiger partial charge in [0.25, 0.3) is 5.91 Å². The number of nitrogen functional groups attached to an aromatic ring is 1. The number of hydrazine groups is 1. The summed E-state index contributed by atoms with van der Waals surface area (Å²) in [6.07, 6.45) is 1.02. The Labute approximate surface area is 111 Å². The Morgan fingerprint density at radius 2 is 2.22 bits per heavy atom. The molecule has 0 aliphatic rings. The van der Waals surface area contributed by atoms with Gasteiger partial charge in [-0.15, -0.1) is 0 Å². The summed E-state index contributed by atoms with van der Waals surface area (Å²) in [4.78, 5) is 11.3. The highest BCUT2D eigenvalue weighted by molar-refractivity contribution is 7.99. The molecule has 0 radical (unpaired) electrons. The number of carbonyl (C=O) groups excluding carboxylic acids is 1. The molecule has 0 unspecified atom stereocenters. The molecule has 0 aliphatic carbocycles. The van der Waals surface area contributed by atoms with Crippen LogP contribution >= 0.6 is 11.8 Å². The molecule has 0 fully saturated rings. The van der Waals surface area contributed by atoms with Crippen molar-refractivity contribution in [3.8, 4) is 5.75 Å². The summed E-state index contributed by atoms with van der Waals surface area (Å²) in [5, 5.41) is 0. The molecule has 0 spiro atoms. The van der Waals surface area contributed by atoms with Crippen LogP contribution in [-0.4, -0.2) is 30.6 Å². The maximum absolute atomic E-state index is 11.3. The minimum Gasteiger partial charge on any atom is -0.493 e. The Kier molecular flexibility index (Phi) is 7.24. The molecule has 1 amide bonds. The van der Waals surface area contributed by atoms with Crippen molar-refractivity contribution in [3.63, 3.8) is 0 Å². The fourth-order valence-electron chi connectivity index (χ4n) is 1.32. The van der Waals surface area contributed by atoms with Crippen molar-refractivity contribution in [3.05, 3.63) is 29.8 Å². The Morgan fingerprint density at radius 3 is 2.94 bits per heavy atom. The van der Waals surface area contributed by atoms with Crippen LogP contribution in [-0.2, 0) is 0 Å². The van der Waals surface area contributed by atoms with E-state index in [1.807, 2.05) is 17.8 Å². The molecule has 0 aromatic heterocycles. The van der Waals surface area contributed by atoms with Gasteiger partial charge in [-0.05, 0) is 36.9 Å². The molecular formula is C12H19N3O2S. The zero-order valence-electron chi connectivity index (χ0n) is 10.2. The summed E-state index contributed by atoms with van der Waals surface area (Å²) < 4.78 is 5.55. The van der Waals surface area contributed by atoms with Crippen molar-refractivity contribution in [2.24, 2.45) is 11.6 Å². The third-order valence-corrected chi connectivity index (χ3v) is 3.25. The normalized spacial score (nSPS) is 10.1. The Morgan fingerprint density at radius 1 is 1.39 bits per heavy atom. The standard InChI is InChI=1S/C12H19N3O2S/c13-5-2-7-18-8-6-17-11-4-1-3-10(9-11)12(16)15-14/h1,3-4,9H,2,5-8,13-14H2,(H,15,16). The molecule has 100 valence electrons. The second-order valence-electron chi connectivity index (χ2n) is 3.60. The first-order valence-electron chi connectivity index (χ1n) is 5.79. The topological polar surface area (TPSA) is 90.4 Å². The summed E-state index contributed by atoms with van der Waals surface area (Å²) >= 11 is 1.81. The fourth-order valence-corrected chi connectivity index (χ4v) is 2.09. The first-order valence-corrected chi connectivity index (χ1v) is 6.95. The predicted molar refractivity (Wildman–Crippen MR) is 74.6 cm³/mol. The van der Waals surface area contributed by atoms with Crippen LogP contribution in [0.4, 0.5) is 0 Å². The van der Waals surface area contributed by atoms with Gasteiger partial charge in [0, 0.05) is 11.3 Å². The van der Waals surface area contributed by atoms with Gasteiger partial charge in [0.15, 0.2) is 0 Å². The van der Waals surface area contributed by atoms with E-state index in [0.717, 1.165) is 24.5 Å². The average Bonchev–Trinajstić information content (AvgIpc) is 2.42. The maximum Gasteiger partial charge on any atom is 0.265 e. The van der Waals surface area contributed by atoms with Gasteiger partial charge in [0.05, 0.1) is 6.61 Å². The third kappa shape index (κ3) is 5.39. The number of nitrogens with two attached hydrogens (primary N) is 2. The van der Waals surface area contributed by atoms with Crippen molar-refractivity contribution >= 4 is 17.7 Å². The molecule has 0 saturated carbocycles. The summed E-state index contributed by atoms with van der Waals surface area (Å²) in [5.41, 5.74) is 7.98. The van der Waals surface area contributed by atoms with Crippen LogP contribution in [0.5, 0.6) is 5.75 Å². The fraction of sp³-hybridized carbons (Fsp3) is 0.417. The van der Waals surface area contributed by atoms with Crippen LogP contribution in [0.1, 0.15) is 16.8 Å². The quantitative estimate of drug-likeness (QED) is 0.280. The predicted octanol–water partition coefficient (Wildman–Crippen LogP) is 0.751. The zero-order chi connectivity index (χ0) is 13.2. The lowest BCUT2D eigenvalue weighted by Crippen LogP contribution is -2.29. The van der Waals surface area contributed by atoms with Gasteiger partial charge in [-0.25, -0.2) is 5.84 Å². The summed E-state index contributed by atoms with van der Waals surface area (Å²) in [6, 6.07) is 6.94. The molecular weight excluding hydrogens is 250 g/mol. The molecule has 18 heavy (non-hydrogen) atoms. The van der Waals surface area contributed by atoms with Gasteiger partial charge in [-0.3, -0.25) is 10.2 Å². The van der Waals surface area contributed by atoms with Gasteiger partial charge in [0.1, 0.15) is 5.75 Å². The van der Waals surface area contributed by atoms with Gasteiger partial charge in [-0.2, -0.15) is 11.8 Å². The van der Waals surface area contributed by atoms with E-state index in [1.54, 1.807) is 18.2 Å². The average molecular weight is 269 g/mol. The molecule has 0 atom stereocenters. The highest BCUT2D eigenvalue weighted by Gasteiger charge is 2.04. The molecule has 6 heteroatoms. The number of ether oxygens (including phenoxy) is 1. The van der Waals surface area contributed by atoms with Crippen LogP contribution in [0.2, 0.25) is 0 Å². The molecule has 5 N–H and O–H groups in total. The highest BCUT2D eigenvalue weighted by Crippen LogP contribution is 2.13. The summed E-state index contributed by atoms with van der Waals surface area (Å²) in [7, 11) is 0. The van der Waals surface area contributed by atoms with E-state index in [1.165, 1.54) is 0 Å². The maximum atomic E-state index is 11.3. The molecule has 0 saturated heterocycles. The molecule has 1 rings (SSSR count). The van der Waals surface area contributed by atoms with E-state index in [2.05, 4.69) is 5.43 Å².